The number of anilines is 2. The van der Waals surface area contributed by atoms with Crippen molar-refractivity contribution in [2.45, 2.75) is 110 Å². The first kappa shape index (κ1) is 35.4. The van der Waals surface area contributed by atoms with Crippen molar-refractivity contribution in [2.75, 3.05) is 17.2 Å². The highest BCUT2D eigenvalue weighted by Crippen LogP contribution is 2.25. The van der Waals surface area contributed by atoms with E-state index in [1.54, 1.807) is 12.1 Å². The van der Waals surface area contributed by atoms with E-state index in [2.05, 4.69) is 22.3 Å². The molecule has 228 valence electrons. The van der Waals surface area contributed by atoms with Gasteiger partial charge in [-0.25, -0.2) is 4.79 Å². The smallest absolute Gasteiger partial charge is 0.328 e. The maximum atomic E-state index is 12.0. The van der Waals surface area contributed by atoms with Crippen LogP contribution in [0.2, 0.25) is 0 Å². The summed E-state index contributed by atoms with van der Waals surface area (Å²) >= 11 is 0. The van der Waals surface area contributed by atoms with Gasteiger partial charge in [0.15, 0.2) is 0 Å². The van der Waals surface area contributed by atoms with E-state index >= 15 is 0 Å². The van der Waals surface area contributed by atoms with Gasteiger partial charge >= 0.3 is 5.97 Å². The molecule has 0 spiro atoms. The summed E-state index contributed by atoms with van der Waals surface area (Å²) in [6.07, 6.45) is 24.2. The van der Waals surface area contributed by atoms with Gasteiger partial charge in [-0.05, 0) is 12.5 Å². The van der Waals surface area contributed by atoms with Gasteiger partial charge in [0, 0.05) is 41.7 Å². The van der Waals surface area contributed by atoms with E-state index in [-0.39, 0.29) is 6.47 Å². The number of ether oxygens (including phenoxy) is 2. The molecule has 2 amide bonds. The lowest BCUT2D eigenvalue weighted by molar-refractivity contribution is -0.131. The summed E-state index contributed by atoms with van der Waals surface area (Å²) in [5.74, 6) is -1.99. The van der Waals surface area contributed by atoms with Crippen molar-refractivity contribution in [3.8, 4) is 5.75 Å². The summed E-state index contributed by atoms with van der Waals surface area (Å²) in [6.45, 7) is 2.93. The Morgan fingerprint density at radius 1 is 0.683 bits per heavy atom. The van der Waals surface area contributed by atoms with Crippen LogP contribution in [0.25, 0.3) is 0 Å². The number of amides is 2. The van der Waals surface area contributed by atoms with Crippen LogP contribution in [-0.4, -0.2) is 36.0 Å². The monoisotopic (exact) mass is 572 g/mol. The zero-order valence-electron chi connectivity index (χ0n) is 24.5. The zero-order chi connectivity index (χ0) is 30.0. The molecule has 0 saturated heterocycles. The number of carboxylic acids is 1. The molecule has 41 heavy (non-hydrogen) atoms. The maximum Gasteiger partial charge on any atom is 0.328 e. The topological polar surface area (TPSA) is 131 Å². The molecule has 0 bridgehead atoms. The normalized spacial score (nSPS) is 11.0. The second kappa shape index (κ2) is 24.2. The first-order chi connectivity index (χ1) is 19.9. The van der Waals surface area contributed by atoms with Crippen molar-refractivity contribution in [3.63, 3.8) is 0 Å². The van der Waals surface area contributed by atoms with Gasteiger partial charge in [-0.1, -0.05) is 103 Å². The highest BCUT2D eigenvalue weighted by molar-refractivity contribution is 6.03. The first-order valence-corrected chi connectivity index (χ1v) is 15.0. The molecule has 0 radical (unpaired) electrons. The molecule has 1 aromatic carbocycles. The van der Waals surface area contributed by atoms with E-state index in [0.29, 0.717) is 23.7 Å². The van der Waals surface area contributed by atoms with Crippen molar-refractivity contribution in [2.24, 2.45) is 0 Å². The molecule has 0 aliphatic heterocycles. The number of nitrogens with one attached hydrogen (secondary N) is 2. The minimum Gasteiger partial charge on any atom is -0.493 e. The number of carboxylic acid groups (broad SMARTS) is 1. The Balaban J connectivity index is 2.34. The number of hydrogen-bond donors (Lipinski definition) is 3. The van der Waals surface area contributed by atoms with Gasteiger partial charge in [-0.15, -0.1) is 0 Å². The van der Waals surface area contributed by atoms with E-state index in [4.69, 9.17) is 9.84 Å². The Hall–Kier alpha value is -3.62. The van der Waals surface area contributed by atoms with Gasteiger partial charge in [-0.2, -0.15) is 0 Å². The van der Waals surface area contributed by atoms with Gasteiger partial charge in [0.1, 0.15) is 5.75 Å². The molecular formula is C32H48N2O7. The Bertz CT molecular complexity index is 959. The largest absolute Gasteiger partial charge is 0.493 e. The van der Waals surface area contributed by atoms with Gasteiger partial charge in [0.05, 0.1) is 12.9 Å². The third-order valence-electron chi connectivity index (χ3n) is 6.44. The first-order valence-electron chi connectivity index (χ1n) is 15.0. The van der Waals surface area contributed by atoms with Crippen molar-refractivity contribution >= 4 is 35.6 Å². The highest BCUT2D eigenvalue weighted by Gasteiger charge is 2.07. The summed E-state index contributed by atoms with van der Waals surface area (Å²) < 4.78 is 10.2. The summed E-state index contributed by atoms with van der Waals surface area (Å²) in [5, 5.41) is 13.9. The van der Waals surface area contributed by atoms with Crippen LogP contribution in [0.1, 0.15) is 110 Å². The molecule has 0 atom stereocenters. The van der Waals surface area contributed by atoms with Crippen LogP contribution in [0.4, 0.5) is 11.4 Å². The van der Waals surface area contributed by atoms with Crippen LogP contribution >= 0.6 is 0 Å². The zero-order valence-corrected chi connectivity index (χ0v) is 24.5. The van der Waals surface area contributed by atoms with E-state index in [0.717, 1.165) is 43.8 Å². The fourth-order valence-corrected chi connectivity index (χ4v) is 4.31. The van der Waals surface area contributed by atoms with E-state index < -0.39 is 17.8 Å². The summed E-state index contributed by atoms with van der Waals surface area (Å²) in [5.41, 5.74) is 0.658. The number of hydrogen-bond acceptors (Lipinski definition) is 6. The van der Waals surface area contributed by atoms with Crippen LogP contribution < -0.4 is 15.4 Å². The summed E-state index contributed by atoms with van der Waals surface area (Å²) in [4.78, 5) is 44.9. The number of aliphatic carboxylic acids is 1. The molecule has 0 saturated carbocycles. The molecule has 3 N–H and O–H groups in total. The molecule has 0 fully saturated rings. The number of carbonyl (C=O) groups excluding carboxylic acids is 3. The van der Waals surface area contributed by atoms with Crippen molar-refractivity contribution in [3.05, 3.63) is 42.7 Å². The van der Waals surface area contributed by atoms with Crippen LogP contribution in [0, 0.1) is 0 Å². The van der Waals surface area contributed by atoms with Crippen molar-refractivity contribution in [1.82, 2.24) is 0 Å². The Morgan fingerprint density at radius 3 is 1.61 bits per heavy atom. The molecular weight excluding hydrogens is 524 g/mol. The lowest BCUT2D eigenvalue weighted by Crippen LogP contribution is -2.11. The van der Waals surface area contributed by atoms with E-state index in [1.807, 2.05) is 0 Å². The molecule has 0 aromatic heterocycles. The minimum absolute atomic E-state index is 0.190. The molecule has 1 rings (SSSR count). The second-order valence-corrected chi connectivity index (χ2v) is 10.1. The van der Waals surface area contributed by atoms with Crippen molar-refractivity contribution < 1.29 is 33.8 Å². The minimum atomic E-state index is -1.24. The van der Waals surface area contributed by atoms with Gasteiger partial charge in [0.2, 0.25) is 5.91 Å². The summed E-state index contributed by atoms with van der Waals surface area (Å²) in [6, 6.07) is 4.71. The second-order valence-electron chi connectivity index (χ2n) is 10.1. The molecule has 9 nitrogen and oxygen atoms in total. The fraction of sp³-hybridized carbons (Fsp3) is 0.562. The third-order valence-corrected chi connectivity index (χ3v) is 6.44. The molecule has 9 heteroatoms. The Morgan fingerprint density at radius 2 is 1.15 bits per heavy atom. The van der Waals surface area contributed by atoms with Crippen LogP contribution in [0.15, 0.2) is 42.7 Å². The number of unbranched alkanes of at least 4 members (excludes halogenated alkanes) is 15. The highest BCUT2D eigenvalue weighted by atomic mass is 16.5. The van der Waals surface area contributed by atoms with E-state index in [9.17, 15) is 19.2 Å². The molecule has 0 aliphatic carbocycles. The fourth-order valence-electron chi connectivity index (χ4n) is 4.31. The summed E-state index contributed by atoms with van der Waals surface area (Å²) in [7, 11) is 0. The lowest BCUT2D eigenvalue weighted by Gasteiger charge is -2.12. The van der Waals surface area contributed by atoms with Crippen LogP contribution in [0.5, 0.6) is 5.75 Å². The number of benzene rings is 1. The Labute approximate surface area is 244 Å². The predicted molar refractivity (Wildman–Crippen MR) is 162 cm³/mol. The van der Waals surface area contributed by atoms with Gasteiger partial charge < -0.3 is 25.2 Å². The van der Waals surface area contributed by atoms with Gasteiger partial charge in [-0.3, -0.25) is 14.4 Å². The average molecular weight is 573 g/mol. The van der Waals surface area contributed by atoms with Crippen LogP contribution in [0.3, 0.4) is 0 Å². The molecule has 0 unspecified atom stereocenters. The lowest BCUT2D eigenvalue weighted by atomic mass is 10.0. The predicted octanol–water partition coefficient (Wildman–Crippen LogP) is 7.53. The molecule has 0 aliphatic rings. The van der Waals surface area contributed by atoms with Crippen LogP contribution in [-0.2, 0) is 23.9 Å². The SMILES string of the molecule is CCCCCCCCCCCCCCCCCCOc1cc(NC(=O)/C=C\OC=O)cc(NC(=O)/C=C\C(=O)O)c1. The van der Waals surface area contributed by atoms with E-state index in [1.165, 1.54) is 89.5 Å². The quantitative estimate of drug-likeness (QED) is 0.0477. The number of rotatable bonds is 25. The van der Waals surface area contributed by atoms with Gasteiger partial charge in [0.25, 0.3) is 12.4 Å². The molecule has 0 heterocycles. The van der Waals surface area contributed by atoms with Crippen molar-refractivity contribution in [1.29, 1.82) is 0 Å². The molecule has 1 aromatic rings. The standard InChI is InChI=1S/C32H48N2O7/c1-2-3-4-5-6-7-8-9-10-11-12-13-14-15-16-17-21-41-29-24-27(33-30(36)18-19-32(38)39)23-28(25-29)34-31(37)20-22-40-26-35/h18-20,22-26H,2-17,21H2,1H3,(H,33,36)(H,34,37)(H,38,39)/b19-18-,22-20-. The Kier molecular flexibility index (Phi) is 20.9. The number of carbonyl (C=O) groups is 4. The average Bonchev–Trinajstić information content (AvgIpc) is 2.93. The third kappa shape index (κ3) is 20.9. The maximum absolute atomic E-state index is 12.0.